The molecule has 0 aromatic heterocycles. The summed E-state index contributed by atoms with van der Waals surface area (Å²) in [6, 6.07) is -0.675. The maximum Gasteiger partial charge on any atom is 0.320 e. The second kappa shape index (κ2) is 5.84. The minimum Gasteiger partial charge on any atom is -0.480 e. The van der Waals surface area contributed by atoms with Gasteiger partial charge in [-0.15, -0.1) is 0 Å². The van der Waals surface area contributed by atoms with Crippen molar-refractivity contribution >= 4 is 11.9 Å². The van der Waals surface area contributed by atoms with Gasteiger partial charge in [0.05, 0.1) is 6.54 Å². The molecular weight excluding hydrogens is 208 g/mol. The maximum atomic E-state index is 11.7. The summed E-state index contributed by atoms with van der Waals surface area (Å²) in [5.74, 6) is -0.381. The lowest BCUT2D eigenvalue weighted by Gasteiger charge is -2.31. The number of carbonyl (C=O) groups excluding carboxylic acids is 1. The molecule has 0 spiro atoms. The monoisotopic (exact) mass is 228 g/mol. The quantitative estimate of drug-likeness (QED) is 0.726. The molecule has 5 heteroatoms. The van der Waals surface area contributed by atoms with Crippen molar-refractivity contribution in [3.8, 4) is 0 Å². The molecule has 0 aliphatic carbocycles. The molecule has 1 heterocycles. The second-order valence-electron chi connectivity index (χ2n) is 4.53. The minimum absolute atomic E-state index is 0.000324. The summed E-state index contributed by atoms with van der Waals surface area (Å²) >= 11 is 0. The number of aliphatic carboxylic acids is 1. The van der Waals surface area contributed by atoms with Gasteiger partial charge in [0.2, 0.25) is 5.91 Å². The number of hydrogen-bond acceptors (Lipinski definition) is 3. The highest BCUT2D eigenvalue weighted by atomic mass is 16.4. The molecule has 1 rings (SSSR count). The molecule has 1 aliphatic heterocycles. The number of piperidine rings is 1. The Labute approximate surface area is 95.8 Å². The summed E-state index contributed by atoms with van der Waals surface area (Å²) in [5, 5.41) is 11.4. The van der Waals surface area contributed by atoms with Gasteiger partial charge in [-0.05, 0) is 25.7 Å². The number of carboxylic acids is 1. The molecule has 0 saturated carbocycles. The van der Waals surface area contributed by atoms with E-state index in [1.165, 1.54) is 13.3 Å². The van der Waals surface area contributed by atoms with Crippen LogP contribution in [-0.4, -0.2) is 47.6 Å². The van der Waals surface area contributed by atoms with Crippen molar-refractivity contribution in [3.05, 3.63) is 0 Å². The van der Waals surface area contributed by atoms with E-state index in [0.29, 0.717) is 5.92 Å². The van der Waals surface area contributed by atoms with Crippen LogP contribution in [0, 0.1) is 5.92 Å². The Balaban J connectivity index is 2.31. The van der Waals surface area contributed by atoms with Crippen LogP contribution < -0.4 is 5.32 Å². The molecule has 1 aliphatic rings. The van der Waals surface area contributed by atoms with E-state index in [4.69, 9.17) is 5.11 Å². The van der Waals surface area contributed by atoms with E-state index in [2.05, 4.69) is 12.2 Å². The second-order valence-corrected chi connectivity index (χ2v) is 4.53. The van der Waals surface area contributed by atoms with E-state index < -0.39 is 12.0 Å². The van der Waals surface area contributed by atoms with Crippen LogP contribution in [0.4, 0.5) is 0 Å². The highest BCUT2D eigenvalue weighted by molar-refractivity contribution is 5.80. The average molecular weight is 228 g/mol. The molecule has 2 N–H and O–H groups in total. The highest BCUT2D eigenvalue weighted by Gasteiger charge is 2.21. The Hall–Kier alpha value is -1.10. The van der Waals surface area contributed by atoms with Crippen molar-refractivity contribution in [2.75, 3.05) is 19.6 Å². The lowest BCUT2D eigenvalue weighted by atomic mass is 10.0. The van der Waals surface area contributed by atoms with Crippen LogP contribution in [-0.2, 0) is 9.59 Å². The predicted octanol–water partition coefficient (Wildman–Crippen LogP) is 0.308. The largest absolute Gasteiger partial charge is 0.480 e. The van der Waals surface area contributed by atoms with Gasteiger partial charge in [0, 0.05) is 13.1 Å². The van der Waals surface area contributed by atoms with Gasteiger partial charge in [-0.1, -0.05) is 6.92 Å². The Morgan fingerprint density at radius 3 is 2.81 bits per heavy atom. The molecule has 5 nitrogen and oxygen atoms in total. The number of rotatable bonds is 4. The summed E-state index contributed by atoms with van der Waals surface area (Å²) in [6.07, 6.45) is 2.21. The Morgan fingerprint density at radius 2 is 2.25 bits per heavy atom. The SMILES string of the molecule is CC1CCCN(C(=O)CN[C@@H](C)C(=O)O)C1. The van der Waals surface area contributed by atoms with E-state index >= 15 is 0 Å². The van der Waals surface area contributed by atoms with Crippen molar-refractivity contribution < 1.29 is 14.7 Å². The topological polar surface area (TPSA) is 69.6 Å². The Kier molecular flexibility index (Phi) is 4.73. The number of likely N-dealkylation sites (tertiary alicyclic amines) is 1. The molecule has 1 unspecified atom stereocenters. The van der Waals surface area contributed by atoms with E-state index in [1.807, 2.05) is 4.90 Å². The van der Waals surface area contributed by atoms with Gasteiger partial charge in [0.15, 0.2) is 0 Å². The fraction of sp³-hybridized carbons (Fsp3) is 0.818. The number of nitrogens with zero attached hydrogens (tertiary/aromatic N) is 1. The summed E-state index contributed by atoms with van der Waals surface area (Å²) < 4.78 is 0. The first-order valence-electron chi connectivity index (χ1n) is 5.74. The number of nitrogens with one attached hydrogen (secondary N) is 1. The van der Waals surface area contributed by atoms with Gasteiger partial charge in [-0.2, -0.15) is 0 Å². The molecule has 0 radical (unpaired) electrons. The number of carbonyl (C=O) groups is 2. The molecule has 0 bridgehead atoms. The number of hydrogen-bond donors (Lipinski definition) is 2. The molecule has 16 heavy (non-hydrogen) atoms. The van der Waals surface area contributed by atoms with Gasteiger partial charge >= 0.3 is 5.97 Å². The third-order valence-corrected chi connectivity index (χ3v) is 2.94. The predicted molar refractivity (Wildman–Crippen MR) is 60.1 cm³/mol. The maximum absolute atomic E-state index is 11.7. The zero-order valence-corrected chi connectivity index (χ0v) is 9.90. The minimum atomic E-state index is -0.931. The van der Waals surface area contributed by atoms with Crippen LogP contribution in [0.5, 0.6) is 0 Å². The van der Waals surface area contributed by atoms with Gasteiger partial charge in [-0.3, -0.25) is 14.9 Å². The Bertz CT molecular complexity index is 268. The fourth-order valence-electron chi connectivity index (χ4n) is 1.86. The lowest BCUT2D eigenvalue weighted by Crippen LogP contribution is -2.46. The van der Waals surface area contributed by atoms with Crippen molar-refractivity contribution in [2.45, 2.75) is 32.7 Å². The summed E-state index contributed by atoms with van der Waals surface area (Å²) in [5.41, 5.74) is 0. The smallest absolute Gasteiger partial charge is 0.320 e. The standard InChI is InChI=1S/C11H20N2O3/c1-8-4-3-5-13(7-8)10(14)6-12-9(2)11(15)16/h8-9,12H,3-7H2,1-2H3,(H,15,16)/t8?,9-/m0/s1. The van der Waals surface area contributed by atoms with Gasteiger partial charge in [0.25, 0.3) is 0 Å². The zero-order chi connectivity index (χ0) is 12.1. The molecule has 92 valence electrons. The van der Waals surface area contributed by atoms with Crippen LogP contribution in [0.15, 0.2) is 0 Å². The van der Waals surface area contributed by atoms with Crippen LogP contribution in [0.3, 0.4) is 0 Å². The van der Waals surface area contributed by atoms with Crippen LogP contribution >= 0.6 is 0 Å². The van der Waals surface area contributed by atoms with Gasteiger partial charge < -0.3 is 10.0 Å². The molecule has 1 amide bonds. The Morgan fingerprint density at radius 1 is 1.56 bits per heavy atom. The third-order valence-electron chi connectivity index (χ3n) is 2.94. The van der Waals surface area contributed by atoms with Crippen LogP contribution in [0.25, 0.3) is 0 Å². The molecule has 0 aromatic rings. The first-order valence-corrected chi connectivity index (χ1v) is 5.74. The number of carboxylic acid groups (broad SMARTS) is 1. The first kappa shape index (κ1) is 13.0. The average Bonchev–Trinajstić information content (AvgIpc) is 2.25. The van der Waals surface area contributed by atoms with Gasteiger partial charge in [-0.25, -0.2) is 0 Å². The van der Waals surface area contributed by atoms with E-state index in [1.54, 1.807) is 0 Å². The van der Waals surface area contributed by atoms with Crippen LogP contribution in [0.1, 0.15) is 26.7 Å². The summed E-state index contributed by atoms with van der Waals surface area (Å²) in [6.45, 7) is 5.37. The van der Waals surface area contributed by atoms with E-state index in [9.17, 15) is 9.59 Å². The fourth-order valence-corrected chi connectivity index (χ4v) is 1.86. The van der Waals surface area contributed by atoms with Crippen LogP contribution in [0.2, 0.25) is 0 Å². The normalized spacial score (nSPS) is 22.9. The van der Waals surface area contributed by atoms with Crippen molar-refractivity contribution in [3.63, 3.8) is 0 Å². The summed E-state index contributed by atoms with van der Waals surface area (Å²) in [7, 11) is 0. The van der Waals surface area contributed by atoms with Gasteiger partial charge in [0.1, 0.15) is 6.04 Å². The lowest BCUT2D eigenvalue weighted by molar-refractivity contribution is -0.139. The van der Waals surface area contributed by atoms with E-state index in [0.717, 1.165) is 19.5 Å². The highest BCUT2D eigenvalue weighted by Crippen LogP contribution is 2.15. The first-order chi connectivity index (χ1) is 7.50. The van der Waals surface area contributed by atoms with E-state index in [-0.39, 0.29) is 12.5 Å². The molecule has 0 aromatic carbocycles. The third kappa shape index (κ3) is 3.81. The summed E-state index contributed by atoms with van der Waals surface area (Å²) in [4.78, 5) is 24.1. The molecular formula is C11H20N2O3. The number of amides is 1. The zero-order valence-electron chi connectivity index (χ0n) is 9.90. The van der Waals surface area contributed by atoms with Crippen molar-refractivity contribution in [1.29, 1.82) is 0 Å². The molecule has 1 saturated heterocycles. The van der Waals surface area contributed by atoms with Crippen molar-refractivity contribution in [1.82, 2.24) is 10.2 Å². The molecule has 2 atom stereocenters. The van der Waals surface area contributed by atoms with Crippen molar-refractivity contribution in [2.24, 2.45) is 5.92 Å². The molecule has 1 fully saturated rings.